The predicted octanol–water partition coefficient (Wildman–Crippen LogP) is -2.84. The first kappa shape index (κ1) is 65.7. The standard InChI is InChI=1S/C58H92O27/c1-22-42(81-47-41(72)43(26(61)21-76-47)82-49-38(69)34(65)33(64)27(19-59)79-49)37(68)40(71)48(78-22)84-45-32(63)25(60)20-77-51(45)85-52(75)58-16-15-53(2,3)17-24(58)23-9-10-29-55(6)13-12-31(80-50-39(70)35(66)36(67)44(83-50)46(73)74)54(4,5)28(55)11-14-56(29,7)57(23,8)18-30(58)62/h9,22,24-45,47-51,59-72H,10-21H2,1-8H3,(H,73,74)/t22-,24-,25-,26+,27+,28-,29+,30+,31-,32-,33+,34-,35-,36-,37-,38+,39+,40+,41+,42-,43-,44-,45+,47-,48-,49-,50?,51-,55-,56+,57+,58+/m0/s1. The Morgan fingerprint density at radius 2 is 1.18 bits per heavy atom. The van der Waals surface area contributed by atoms with E-state index >= 15 is 4.79 Å². The summed E-state index contributed by atoms with van der Waals surface area (Å²) in [5.74, 6) is -2.68. The van der Waals surface area contributed by atoms with Gasteiger partial charge in [0, 0.05) is 0 Å². The zero-order chi connectivity index (χ0) is 62.2. The van der Waals surface area contributed by atoms with Crippen molar-refractivity contribution in [2.75, 3.05) is 19.8 Å². The third-order valence-electron chi connectivity index (χ3n) is 22.7. The van der Waals surface area contributed by atoms with Crippen molar-refractivity contribution < 1.29 is 134 Å². The van der Waals surface area contributed by atoms with Crippen molar-refractivity contribution in [3.05, 3.63) is 11.6 Å². The second kappa shape index (κ2) is 23.8. The Labute approximate surface area is 492 Å². The minimum atomic E-state index is -1.99. The van der Waals surface area contributed by atoms with Crippen molar-refractivity contribution in [1.29, 1.82) is 0 Å². The lowest BCUT2D eigenvalue weighted by Crippen LogP contribution is -2.68. The maximum absolute atomic E-state index is 15.4. The fraction of sp³-hybridized carbons (Fsp3) is 0.931. The summed E-state index contributed by atoms with van der Waals surface area (Å²) in [6.07, 6.45) is -33.9. The van der Waals surface area contributed by atoms with E-state index in [4.69, 9.17) is 47.4 Å². The van der Waals surface area contributed by atoms with Crippen LogP contribution in [0.15, 0.2) is 11.6 Å². The molecule has 9 fully saturated rings. The number of aliphatic hydroxyl groups excluding tert-OH is 14. The highest BCUT2D eigenvalue weighted by molar-refractivity contribution is 5.80. The molecule has 27 heteroatoms. The predicted molar refractivity (Wildman–Crippen MR) is 284 cm³/mol. The van der Waals surface area contributed by atoms with Crippen molar-refractivity contribution in [1.82, 2.24) is 0 Å². The zero-order valence-electron chi connectivity index (χ0n) is 49.3. The van der Waals surface area contributed by atoms with Gasteiger partial charge in [0.1, 0.15) is 97.0 Å². The molecule has 5 aliphatic carbocycles. The van der Waals surface area contributed by atoms with Gasteiger partial charge in [0.2, 0.25) is 6.29 Å². The van der Waals surface area contributed by atoms with E-state index in [1.165, 1.54) is 6.92 Å². The van der Waals surface area contributed by atoms with Crippen molar-refractivity contribution in [3.63, 3.8) is 0 Å². The summed E-state index contributed by atoms with van der Waals surface area (Å²) in [5, 5.41) is 163. The number of esters is 1. The first-order valence-electron chi connectivity index (χ1n) is 30.1. The van der Waals surface area contributed by atoms with Crippen LogP contribution >= 0.6 is 0 Å². The van der Waals surface area contributed by atoms with Gasteiger partial charge in [-0.15, -0.1) is 0 Å². The molecule has 5 heterocycles. The number of hydrogen-bond donors (Lipinski definition) is 15. The minimum absolute atomic E-state index is 0.0619. The quantitative estimate of drug-likeness (QED) is 0.0532. The van der Waals surface area contributed by atoms with E-state index in [1.807, 2.05) is 0 Å². The molecule has 27 nitrogen and oxygen atoms in total. The summed E-state index contributed by atoms with van der Waals surface area (Å²) in [6.45, 7) is 14.9. The molecule has 486 valence electrons. The molecule has 4 saturated carbocycles. The van der Waals surface area contributed by atoms with Crippen LogP contribution in [-0.4, -0.2) is 262 Å². The Hall–Kier alpha value is -2.24. The fourth-order valence-corrected chi connectivity index (χ4v) is 17.5. The van der Waals surface area contributed by atoms with Crippen LogP contribution in [-0.2, 0) is 57.0 Å². The minimum Gasteiger partial charge on any atom is -0.479 e. The van der Waals surface area contributed by atoms with Gasteiger partial charge in [0.05, 0.1) is 38.1 Å². The normalized spacial score (nSPS) is 54.1. The van der Waals surface area contributed by atoms with Gasteiger partial charge in [0.25, 0.3) is 0 Å². The third kappa shape index (κ3) is 10.9. The molecule has 5 saturated heterocycles. The molecule has 85 heavy (non-hydrogen) atoms. The molecule has 0 aromatic carbocycles. The van der Waals surface area contributed by atoms with Gasteiger partial charge in [0.15, 0.2) is 37.4 Å². The molecule has 5 aliphatic heterocycles. The summed E-state index contributed by atoms with van der Waals surface area (Å²) in [5.41, 5.74) is -2.59. The topological polar surface area (TPSA) is 430 Å². The Kier molecular flexibility index (Phi) is 18.4. The van der Waals surface area contributed by atoms with E-state index < -0.39 is 213 Å². The van der Waals surface area contributed by atoms with E-state index in [1.54, 1.807) is 0 Å². The molecule has 0 bridgehead atoms. The lowest BCUT2D eigenvalue weighted by Gasteiger charge is -2.71. The number of carbonyl (C=O) groups is 2. The highest BCUT2D eigenvalue weighted by Gasteiger charge is 2.72. The number of ether oxygens (including phenoxy) is 10. The molecule has 10 rings (SSSR count). The van der Waals surface area contributed by atoms with Crippen LogP contribution in [0.3, 0.4) is 0 Å². The van der Waals surface area contributed by atoms with Crippen LogP contribution in [0.1, 0.15) is 113 Å². The van der Waals surface area contributed by atoms with Crippen molar-refractivity contribution in [2.45, 2.75) is 267 Å². The van der Waals surface area contributed by atoms with Gasteiger partial charge >= 0.3 is 11.9 Å². The van der Waals surface area contributed by atoms with E-state index in [-0.39, 0.29) is 35.5 Å². The molecule has 10 aliphatic rings. The zero-order valence-corrected chi connectivity index (χ0v) is 49.3. The largest absolute Gasteiger partial charge is 0.479 e. The Morgan fingerprint density at radius 3 is 1.85 bits per heavy atom. The summed E-state index contributed by atoms with van der Waals surface area (Å²) in [4.78, 5) is 27.4. The van der Waals surface area contributed by atoms with Crippen molar-refractivity contribution in [2.24, 2.45) is 50.2 Å². The van der Waals surface area contributed by atoms with Crippen LogP contribution in [0.4, 0.5) is 0 Å². The molecular weight excluding hydrogens is 1130 g/mol. The van der Waals surface area contributed by atoms with Gasteiger partial charge in [-0.3, -0.25) is 4.79 Å². The van der Waals surface area contributed by atoms with Crippen LogP contribution in [0, 0.1) is 50.2 Å². The highest BCUT2D eigenvalue weighted by atomic mass is 16.8. The molecule has 15 N–H and O–H groups in total. The van der Waals surface area contributed by atoms with Crippen LogP contribution in [0.2, 0.25) is 0 Å². The molecule has 32 atom stereocenters. The Balaban J connectivity index is 0.840. The third-order valence-corrected chi connectivity index (χ3v) is 22.7. The molecular formula is C58H92O27. The van der Waals surface area contributed by atoms with Crippen LogP contribution < -0.4 is 0 Å². The molecule has 0 aromatic heterocycles. The first-order chi connectivity index (χ1) is 39.7. The van der Waals surface area contributed by atoms with E-state index in [2.05, 4.69) is 54.5 Å². The number of carboxylic acids is 1. The number of aliphatic hydroxyl groups is 14. The number of hydrogen-bond acceptors (Lipinski definition) is 26. The van der Waals surface area contributed by atoms with Gasteiger partial charge in [-0.25, -0.2) is 4.79 Å². The highest BCUT2D eigenvalue weighted by Crippen LogP contribution is 2.76. The van der Waals surface area contributed by atoms with Gasteiger partial charge in [-0.1, -0.05) is 60.1 Å². The molecule has 0 radical (unpaired) electrons. The van der Waals surface area contributed by atoms with E-state index in [9.17, 15) is 81.4 Å². The Bertz CT molecular complexity index is 2430. The summed E-state index contributed by atoms with van der Waals surface area (Å²) < 4.78 is 58.8. The Morgan fingerprint density at radius 1 is 0.576 bits per heavy atom. The van der Waals surface area contributed by atoms with Gasteiger partial charge in [-0.2, -0.15) is 0 Å². The van der Waals surface area contributed by atoms with Gasteiger partial charge < -0.3 is 124 Å². The number of rotatable bonds is 12. The number of carboxylic acid groups (broad SMARTS) is 1. The number of fused-ring (bicyclic) bond motifs is 7. The summed E-state index contributed by atoms with van der Waals surface area (Å²) >= 11 is 0. The summed E-state index contributed by atoms with van der Waals surface area (Å²) in [7, 11) is 0. The summed E-state index contributed by atoms with van der Waals surface area (Å²) in [6, 6.07) is 0. The van der Waals surface area contributed by atoms with Crippen LogP contribution in [0.5, 0.6) is 0 Å². The lowest BCUT2D eigenvalue weighted by atomic mass is 9.33. The second-order valence-electron chi connectivity index (χ2n) is 28.3. The van der Waals surface area contributed by atoms with Gasteiger partial charge in [-0.05, 0) is 110 Å². The maximum Gasteiger partial charge on any atom is 0.335 e. The smallest absolute Gasteiger partial charge is 0.335 e. The number of carbonyl (C=O) groups excluding carboxylic acids is 1. The first-order valence-corrected chi connectivity index (χ1v) is 30.1. The van der Waals surface area contributed by atoms with E-state index in [0.717, 1.165) is 18.4 Å². The molecule has 0 spiro atoms. The molecule has 0 amide bonds. The second-order valence-corrected chi connectivity index (χ2v) is 28.3. The SMILES string of the molecule is C[C@@H]1O[C@@H](O[C@H]2[C@H](OC(=O)[C@]34CCC(C)(C)C[C@H]3C3=CC[C@@H]5[C@@]6(C)CC[C@H](OC7O[C@H](C(=O)O)[C@@H](O)[C@H](O)[C@H]7O)C(C)(C)[C@@H]6CC[C@@]5(C)[C@]3(C)C[C@H]4O)OC[C@H](O)[C@@H]2O)[C@H](O)[C@H](O)[C@H]1O[C@@H]1OC[C@@H](O)[C@H](O[C@@H]2O[C@H](CO)[C@@H](O)[C@H](O)[C@H]2O)[C@H]1O. The monoisotopic (exact) mass is 1220 g/mol. The molecule has 1 unspecified atom stereocenters. The number of aliphatic carboxylic acids is 1. The number of allylic oxidation sites excluding steroid dienone is 2. The maximum atomic E-state index is 15.4. The average Bonchev–Trinajstić information content (AvgIpc) is 0.694. The van der Waals surface area contributed by atoms with Crippen molar-refractivity contribution in [3.8, 4) is 0 Å². The average molecular weight is 1220 g/mol. The fourth-order valence-electron chi connectivity index (χ4n) is 17.5. The van der Waals surface area contributed by atoms with E-state index in [0.29, 0.717) is 32.1 Å². The lowest BCUT2D eigenvalue weighted by molar-refractivity contribution is -0.378. The molecule has 0 aromatic rings. The van der Waals surface area contributed by atoms with Crippen molar-refractivity contribution >= 4 is 11.9 Å². The van der Waals surface area contributed by atoms with Crippen LogP contribution in [0.25, 0.3) is 0 Å².